The molecule has 0 saturated heterocycles. The SMILES string of the molecule is COC(=O)/C=C/c1cc2c(cc1/C=C/C(=O)OC)C1(C)c3cc(/C=C/C(=O)OC)c(/C=C/C(=O)OC)cc3C3(C)c4cc(/C=C/C(=O)OC)c(/C=C/C(=O)OC)cc4C4(C)c5cc(/C=C/C(=O)OC)c(/C=C/C(=O)OC)cc5C2(C)C143. The second-order valence-electron chi connectivity index (χ2n) is 20.2. The van der Waals surface area contributed by atoms with Gasteiger partial charge in [0.2, 0.25) is 0 Å². The summed E-state index contributed by atoms with van der Waals surface area (Å²) in [5.41, 5.74) is 5.05. The van der Waals surface area contributed by atoms with Gasteiger partial charge in [-0.2, -0.15) is 0 Å². The van der Waals surface area contributed by atoms with Crippen LogP contribution in [0.15, 0.2) is 97.1 Å². The van der Waals surface area contributed by atoms with Gasteiger partial charge in [-0.1, -0.05) is 27.7 Å². The van der Waals surface area contributed by atoms with Gasteiger partial charge in [0.05, 0.1) is 56.9 Å². The second-order valence-corrected chi connectivity index (χ2v) is 20.2. The highest BCUT2D eigenvalue weighted by molar-refractivity contribution is 5.97. The van der Waals surface area contributed by atoms with E-state index in [0.717, 1.165) is 44.5 Å². The summed E-state index contributed by atoms with van der Waals surface area (Å²) in [7, 11) is 10.1. The maximum absolute atomic E-state index is 12.9. The van der Waals surface area contributed by atoms with Crippen molar-refractivity contribution >= 4 is 96.4 Å². The molecule has 0 saturated carbocycles. The van der Waals surface area contributed by atoms with Crippen LogP contribution < -0.4 is 0 Å². The minimum Gasteiger partial charge on any atom is -0.466 e. The maximum atomic E-state index is 12.9. The molecule has 4 aromatic rings. The molecule has 4 aliphatic rings. The zero-order chi connectivity index (χ0) is 59.0. The Hall–Kier alpha value is -9.44. The van der Waals surface area contributed by atoms with Gasteiger partial charge in [-0.15, -0.1) is 0 Å². The lowest BCUT2D eigenvalue weighted by Gasteiger charge is -2.57. The Labute approximate surface area is 468 Å². The highest BCUT2D eigenvalue weighted by atomic mass is 16.5. The molecule has 81 heavy (non-hydrogen) atoms. The molecule has 16 nitrogen and oxygen atoms in total. The van der Waals surface area contributed by atoms with E-state index in [1.165, 1.54) is 105 Å². The fourth-order valence-electron chi connectivity index (χ4n) is 14.0. The van der Waals surface area contributed by atoms with E-state index in [-0.39, 0.29) is 0 Å². The lowest BCUT2D eigenvalue weighted by atomic mass is 9.43. The van der Waals surface area contributed by atoms with Crippen molar-refractivity contribution in [3.05, 3.63) is 186 Å². The minimum atomic E-state index is -1.15. The average molecular weight is 1100 g/mol. The molecule has 0 N–H and O–H groups in total. The third-order valence-electron chi connectivity index (χ3n) is 17.0. The van der Waals surface area contributed by atoms with Crippen LogP contribution in [0.1, 0.15) is 117 Å². The van der Waals surface area contributed by atoms with Crippen LogP contribution in [0, 0.1) is 5.41 Å². The largest absolute Gasteiger partial charge is 0.466 e. The average Bonchev–Trinajstić information content (AvgIpc) is 1.95. The van der Waals surface area contributed by atoms with Crippen molar-refractivity contribution < 1.29 is 76.3 Å². The predicted octanol–water partition coefficient (Wildman–Crippen LogP) is 8.74. The Morgan fingerprint density at radius 3 is 0.457 bits per heavy atom. The standard InChI is InChI=1S/C65H60O16/c1-61-45-29-37(13-21-53(66)74-5)39(15-23-55(68)76-7)31-47(45)62(2)49-33-41(17-25-57(70)78-9)43(19-27-59(72)80-11)35-51(49)64(4)52-36-44(20-28-60(73)81-12)42(18-26-58(71)79-10)34-50(52)63(3,65(61,62)64)48-32-40(16-24-56(69)77-8)38(30-46(48)61)14-22-54(67)75-6/h13-36H,1-12H3/b21-13+,22-14+,23-15+,24-16+,25-17+,26-18+,27-19+,28-20+. The van der Waals surface area contributed by atoms with Crippen LogP contribution in [0.2, 0.25) is 0 Å². The first-order valence-corrected chi connectivity index (χ1v) is 25.4. The number of carbonyl (C=O) groups is 8. The van der Waals surface area contributed by atoms with Crippen molar-refractivity contribution in [1.82, 2.24) is 0 Å². The van der Waals surface area contributed by atoms with Crippen LogP contribution in [-0.2, 0) is 97.9 Å². The highest BCUT2D eigenvalue weighted by Gasteiger charge is 2.89. The van der Waals surface area contributed by atoms with E-state index in [4.69, 9.17) is 37.9 Å². The van der Waals surface area contributed by atoms with Gasteiger partial charge in [0.1, 0.15) is 0 Å². The smallest absolute Gasteiger partial charge is 0.330 e. The summed E-state index contributed by atoms with van der Waals surface area (Å²) in [6.45, 7) is 8.72. The fourth-order valence-corrected chi connectivity index (χ4v) is 14.0. The molecule has 0 heterocycles. The van der Waals surface area contributed by atoms with Crippen LogP contribution in [0.5, 0.6) is 0 Å². The molecule has 1 spiro atoms. The first-order valence-electron chi connectivity index (χ1n) is 25.4. The molecule has 0 radical (unpaired) electrons. The molecule has 0 fully saturated rings. The van der Waals surface area contributed by atoms with Crippen molar-refractivity contribution in [2.45, 2.75) is 49.4 Å². The van der Waals surface area contributed by atoms with E-state index >= 15 is 0 Å². The molecular weight excluding hydrogens is 1040 g/mol. The van der Waals surface area contributed by atoms with Crippen molar-refractivity contribution in [2.24, 2.45) is 5.41 Å². The van der Waals surface area contributed by atoms with Crippen LogP contribution >= 0.6 is 0 Å². The Morgan fingerprint density at radius 2 is 0.358 bits per heavy atom. The van der Waals surface area contributed by atoms with E-state index in [0.29, 0.717) is 44.5 Å². The topological polar surface area (TPSA) is 210 Å². The monoisotopic (exact) mass is 1100 g/mol. The third kappa shape index (κ3) is 8.76. The zero-order valence-corrected chi connectivity index (χ0v) is 46.9. The number of ether oxygens (including phenoxy) is 8. The summed E-state index contributed by atoms with van der Waals surface area (Å²) in [5.74, 6) is -5.06. The number of hydrogen-bond donors (Lipinski definition) is 0. The van der Waals surface area contributed by atoms with Gasteiger partial charge in [-0.25, -0.2) is 38.4 Å². The molecular formula is C65H60O16. The molecule has 0 unspecified atom stereocenters. The Kier molecular flexibility index (Phi) is 15.7. The lowest BCUT2D eigenvalue weighted by Crippen LogP contribution is -2.60. The first-order chi connectivity index (χ1) is 38.6. The number of esters is 8. The third-order valence-corrected chi connectivity index (χ3v) is 17.0. The quantitative estimate of drug-likeness (QED) is 0.0583. The molecule has 416 valence electrons. The first kappa shape index (κ1) is 57.7. The van der Waals surface area contributed by atoms with E-state index in [2.05, 4.69) is 27.7 Å². The van der Waals surface area contributed by atoms with Crippen molar-refractivity contribution in [3.8, 4) is 0 Å². The normalized spacial score (nSPS) is 22.6. The number of benzene rings is 4. The molecule has 4 aliphatic carbocycles. The number of rotatable bonds is 16. The summed E-state index contributed by atoms with van der Waals surface area (Å²) in [6, 6.07) is 16.1. The number of methoxy groups -OCH3 is 8. The van der Waals surface area contributed by atoms with Gasteiger partial charge in [-0.05, 0) is 186 Å². The molecule has 0 amide bonds. The fraction of sp³-hybridized carbons (Fsp3) is 0.262. The van der Waals surface area contributed by atoms with Crippen molar-refractivity contribution in [2.75, 3.05) is 56.9 Å². The van der Waals surface area contributed by atoms with Crippen LogP contribution in [-0.4, -0.2) is 105 Å². The molecule has 0 aliphatic heterocycles. The van der Waals surface area contributed by atoms with Crippen LogP contribution in [0.3, 0.4) is 0 Å². The van der Waals surface area contributed by atoms with E-state index in [1.54, 1.807) is 48.6 Å². The van der Waals surface area contributed by atoms with Crippen molar-refractivity contribution in [3.63, 3.8) is 0 Å². The van der Waals surface area contributed by atoms with E-state index in [9.17, 15) is 38.4 Å². The Morgan fingerprint density at radius 1 is 0.247 bits per heavy atom. The second kappa shape index (κ2) is 22.0. The van der Waals surface area contributed by atoms with E-state index in [1.807, 2.05) is 48.5 Å². The molecule has 0 aromatic heterocycles. The predicted molar refractivity (Wildman–Crippen MR) is 302 cm³/mol. The number of carbonyl (C=O) groups excluding carboxylic acids is 8. The van der Waals surface area contributed by atoms with Gasteiger partial charge in [0.15, 0.2) is 0 Å². The Bertz CT molecular complexity index is 2960. The van der Waals surface area contributed by atoms with Crippen molar-refractivity contribution in [1.29, 1.82) is 0 Å². The summed E-state index contributed by atoms with van der Waals surface area (Å²) in [6.07, 6.45) is 23.3. The Balaban J connectivity index is 1.69. The number of hydrogen-bond acceptors (Lipinski definition) is 16. The molecule has 16 heteroatoms. The molecule has 0 bridgehead atoms. The van der Waals surface area contributed by atoms with Gasteiger partial charge >= 0.3 is 47.8 Å². The number of fused-ring (bicyclic) bond motifs is 12. The molecule has 8 rings (SSSR count). The summed E-state index contributed by atoms with van der Waals surface area (Å²) >= 11 is 0. The van der Waals surface area contributed by atoms with Crippen LogP contribution in [0.4, 0.5) is 0 Å². The van der Waals surface area contributed by atoms with Gasteiger partial charge in [-0.3, -0.25) is 0 Å². The highest BCUT2D eigenvalue weighted by Crippen LogP contribution is 2.90. The summed E-state index contributed by atoms with van der Waals surface area (Å²) in [5, 5.41) is 0. The summed E-state index contributed by atoms with van der Waals surface area (Å²) < 4.78 is 40.5. The van der Waals surface area contributed by atoms with Gasteiger partial charge in [0, 0.05) is 75.7 Å². The van der Waals surface area contributed by atoms with Gasteiger partial charge in [0.25, 0.3) is 0 Å². The summed E-state index contributed by atoms with van der Waals surface area (Å²) in [4.78, 5) is 104. The van der Waals surface area contributed by atoms with Gasteiger partial charge < -0.3 is 37.9 Å². The van der Waals surface area contributed by atoms with Crippen LogP contribution in [0.25, 0.3) is 48.6 Å². The zero-order valence-electron chi connectivity index (χ0n) is 46.9. The minimum absolute atomic E-state index is 0.534. The van der Waals surface area contributed by atoms with E-state index < -0.39 is 74.8 Å². The maximum Gasteiger partial charge on any atom is 0.330 e. The molecule has 0 atom stereocenters. The molecule has 4 aromatic carbocycles. The lowest BCUT2D eigenvalue weighted by molar-refractivity contribution is -0.135.